The fourth-order valence-corrected chi connectivity index (χ4v) is 2.44. The molecule has 3 amide bonds. The third-order valence-corrected chi connectivity index (χ3v) is 4.07. The number of carbonyl (C=O) groups is 4. The number of aliphatic hydroxyl groups excluding tert-OH is 2. The molecule has 0 aromatic heterocycles. The number of benzene rings is 1. The second kappa shape index (κ2) is 11.7. The molecule has 12 heteroatoms. The van der Waals surface area contributed by atoms with E-state index in [4.69, 9.17) is 15.9 Å². The number of carboxylic acids is 1. The van der Waals surface area contributed by atoms with E-state index in [9.17, 15) is 29.4 Å². The van der Waals surface area contributed by atoms with Gasteiger partial charge in [-0.1, -0.05) is 12.1 Å². The molecule has 1 aromatic carbocycles. The Balaban J connectivity index is 2.98. The lowest BCUT2D eigenvalue weighted by Crippen LogP contribution is -2.60. The second-order valence-electron chi connectivity index (χ2n) is 6.50. The minimum absolute atomic E-state index is 0.00783. The fraction of sp³-hybridized carbons (Fsp3) is 0.444. The molecule has 0 fully saturated rings. The molecule has 1 aromatic rings. The topological polar surface area (TPSA) is 211 Å². The van der Waals surface area contributed by atoms with E-state index in [2.05, 4.69) is 10.6 Å². The molecule has 0 aliphatic heterocycles. The summed E-state index contributed by atoms with van der Waals surface area (Å²) >= 11 is 0. The molecule has 0 bridgehead atoms. The number of carboxylic acid groups (broad SMARTS) is 1. The summed E-state index contributed by atoms with van der Waals surface area (Å²) in [6, 6.07) is 1.49. The Bertz CT molecular complexity index is 753. The number of carbonyl (C=O) groups excluding carboxylic acids is 3. The number of hydrogen-bond donors (Lipinski definition) is 8. The average molecular weight is 426 g/mol. The standard InChI is InChI=1S/C18H26N4O8/c1-9(24)15(17(28)21-13(8-23)18(29)30)22-16(27)12(20-14(26)7-19)6-10-2-4-11(25)5-3-10/h2-5,9,12-13,15,23-25H,6-8,19H2,1H3,(H,20,26)(H,21,28)(H,22,27)(H,29,30). The maximum absolute atomic E-state index is 12.7. The predicted molar refractivity (Wildman–Crippen MR) is 103 cm³/mol. The normalized spacial score (nSPS) is 14.7. The molecule has 9 N–H and O–H groups in total. The van der Waals surface area contributed by atoms with Crippen LogP contribution < -0.4 is 21.7 Å². The van der Waals surface area contributed by atoms with Gasteiger partial charge >= 0.3 is 5.97 Å². The predicted octanol–water partition coefficient (Wildman–Crippen LogP) is -3.19. The summed E-state index contributed by atoms with van der Waals surface area (Å²) in [5, 5.41) is 43.8. The van der Waals surface area contributed by atoms with Crippen molar-refractivity contribution >= 4 is 23.7 Å². The van der Waals surface area contributed by atoms with Crippen LogP contribution in [0.3, 0.4) is 0 Å². The van der Waals surface area contributed by atoms with Crippen LogP contribution in [0, 0.1) is 0 Å². The zero-order chi connectivity index (χ0) is 22.8. The van der Waals surface area contributed by atoms with Crippen LogP contribution in [0.4, 0.5) is 0 Å². The number of nitrogens with one attached hydrogen (secondary N) is 3. The lowest BCUT2D eigenvalue weighted by atomic mass is 10.0. The molecule has 0 saturated heterocycles. The second-order valence-corrected chi connectivity index (χ2v) is 6.50. The molecule has 1 rings (SSSR count). The van der Waals surface area contributed by atoms with Gasteiger partial charge in [-0.3, -0.25) is 14.4 Å². The summed E-state index contributed by atoms with van der Waals surface area (Å²) < 4.78 is 0. The molecule has 12 nitrogen and oxygen atoms in total. The first-order chi connectivity index (χ1) is 14.1. The van der Waals surface area contributed by atoms with Crippen molar-refractivity contribution < 1.29 is 39.6 Å². The summed E-state index contributed by atoms with van der Waals surface area (Å²) in [5.41, 5.74) is 5.85. The smallest absolute Gasteiger partial charge is 0.328 e. The van der Waals surface area contributed by atoms with E-state index >= 15 is 0 Å². The van der Waals surface area contributed by atoms with Crippen LogP contribution in [-0.2, 0) is 25.6 Å². The van der Waals surface area contributed by atoms with Gasteiger partial charge in [0.15, 0.2) is 0 Å². The van der Waals surface area contributed by atoms with Gasteiger partial charge in [0.2, 0.25) is 17.7 Å². The molecule has 0 heterocycles. The van der Waals surface area contributed by atoms with Gasteiger partial charge in [0.25, 0.3) is 0 Å². The number of aromatic hydroxyl groups is 1. The van der Waals surface area contributed by atoms with Gasteiger partial charge in [-0.15, -0.1) is 0 Å². The molecular formula is C18H26N4O8. The SMILES string of the molecule is CC(O)C(NC(=O)C(Cc1ccc(O)cc1)NC(=O)CN)C(=O)NC(CO)C(=O)O. The molecule has 4 unspecified atom stereocenters. The fourth-order valence-electron chi connectivity index (χ4n) is 2.44. The monoisotopic (exact) mass is 426 g/mol. The highest BCUT2D eigenvalue weighted by atomic mass is 16.4. The molecular weight excluding hydrogens is 400 g/mol. The first-order valence-corrected chi connectivity index (χ1v) is 8.98. The number of rotatable bonds is 11. The molecule has 0 aliphatic carbocycles. The summed E-state index contributed by atoms with van der Waals surface area (Å²) in [4.78, 5) is 47.7. The van der Waals surface area contributed by atoms with E-state index in [0.717, 1.165) is 0 Å². The Morgan fingerprint density at radius 3 is 2.07 bits per heavy atom. The highest BCUT2D eigenvalue weighted by molar-refractivity contribution is 5.94. The van der Waals surface area contributed by atoms with Crippen LogP contribution in [0.1, 0.15) is 12.5 Å². The number of aliphatic hydroxyl groups is 2. The minimum atomic E-state index is -1.62. The summed E-state index contributed by atoms with van der Waals surface area (Å²) in [5.74, 6) is -4.00. The number of amides is 3. The van der Waals surface area contributed by atoms with Crippen LogP contribution in [-0.4, -0.2) is 81.5 Å². The van der Waals surface area contributed by atoms with Crippen molar-refractivity contribution in [1.29, 1.82) is 0 Å². The Morgan fingerprint density at radius 1 is 1.00 bits per heavy atom. The number of aliphatic carboxylic acids is 1. The highest BCUT2D eigenvalue weighted by Crippen LogP contribution is 2.12. The van der Waals surface area contributed by atoms with E-state index < -0.39 is 61.1 Å². The quantitative estimate of drug-likeness (QED) is 0.179. The Labute approximate surface area is 172 Å². The molecule has 0 spiro atoms. The maximum Gasteiger partial charge on any atom is 0.328 e. The maximum atomic E-state index is 12.7. The van der Waals surface area contributed by atoms with Crippen LogP contribution in [0.15, 0.2) is 24.3 Å². The minimum Gasteiger partial charge on any atom is -0.508 e. The number of phenolic OH excluding ortho intramolecular Hbond substituents is 1. The van der Waals surface area contributed by atoms with Gasteiger partial charge < -0.3 is 42.1 Å². The van der Waals surface area contributed by atoms with Gasteiger partial charge in [0, 0.05) is 6.42 Å². The zero-order valence-corrected chi connectivity index (χ0v) is 16.2. The van der Waals surface area contributed by atoms with Crippen molar-refractivity contribution in [2.45, 2.75) is 37.6 Å². The molecule has 0 aliphatic rings. The third kappa shape index (κ3) is 7.66. The Morgan fingerprint density at radius 2 is 1.60 bits per heavy atom. The lowest BCUT2D eigenvalue weighted by Gasteiger charge is -2.25. The van der Waals surface area contributed by atoms with Gasteiger partial charge in [-0.25, -0.2) is 4.79 Å². The van der Waals surface area contributed by atoms with Gasteiger partial charge in [0.1, 0.15) is 23.9 Å². The number of nitrogens with two attached hydrogens (primary N) is 1. The first kappa shape index (κ1) is 24.8. The van der Waals surface area contributed by atoms with Crippen molar-refractivity contribution in [2.24, 2.45) is 5.73 Å². The summed E-state index contributed by atoms with van der Waals surface area (Å²) in [7, 11) is 0. The number of hydrogen-bond acceptors (Lipinski definition) is 8. The van der Waals surface area contributed by atoms with Gasteiger partial charge in [0.05, 0.1) is 19.3 Å². The van der Waals surface area contributed by atoms with Crippen molar-refractivity contribution in [3.63, 3.8) is 0 Å². The van der Waals surface area contributed by atoms with Crippen LogP contribution >= 0.6 is 0 Å². The van der Waals surface area contributed by atoms with Gasteiger partial charge in [-0.05, 0) is 24.6 Å². The van der Waals surface area contributed by atoms with Gasteiger partial charge in [-0.2, -0.15) is 0 Å². The zero-order valence-electron chi connectivity index (χ0n) is 16.2. The van der Waals surface area contributed by atoms with E-state index in [1.807, 2.05) is 5.32 Å². The first-order valence-electron chi connectivity index (χ1n) is 8.98. The highest BCUT2D eigenvalue weighted by Gasteiger charge is 2.32. The lowest BCUT2D eigenvalue weighted by molar-refractivity contribution is -0.144. The van der Waals surface area contributed by atoms with E-state index in [1.165, 1.54) is 31.2 Å². The summed E-state index contributed by atoms with van der Waals surface area (Å²) in [6.07, 6.45) is -1.43. The van der Waals surface area contributed by atoms with Crippen molar-refractivity contribution in [3.05, 3.63) is 29.8 Å². The number of phenols is 1. The van der Waals surface area contributed by atoms with Crippen molar-refractivity contribution in [1.82, 2.24) is 16.0 Å². The summed E-state index contributed by atoms with van der Waals surface area (Å²) in [6.45, 7) is -0.0826. The Kier molecular flexibility index (Phi) is 9.68. The van der Waals surface area contributed by atoms with E-state index in [1.54, 1.807) is 0 Å². The van der Waals surface area contributed by atoms with E-state index in [0.29, 0.717) is 5.56 Å². The van der Waals surface area contributed by atoms with Crippen LogP contribution in [0.25, 0.3) is 0 Å². The van der Waals surface area contributed by atoms with Crippen molar-refractivity contribution in [3.8, 4) is 5.75 Å². The molecule has 0 saturated carbocycles. The Hall–Kier alpha value is -3.22. The third-order valence-electron chi connectivity index (χ3n) is 4.07. The average Bonchev–Trinajstić information content (AvgIpc) is 2.70. The molecule has 166 valence electrons. The van der Waals surface area contributed by atoms with E-state index in [-0.39, 0.29) is 12.2 Å². The molecule has 4 atom stereocenters. The molecule has 30 heavy (non-hydrogen) atoms. The van der Waals surface area contributed by atoms with Crippen LogP contribution in [0.2, 0.25) is 0 Å². The van der Waals surface area contributed by atoms with Crippen molar-refractivity contribution in [2.75, 3.05) is 13.2 Å². The largest absolute Gasteiger partial charge is 0.508 e. The molecule has 0 radical (unpaired) electrons. The van der Waals surface area contributed by atoms with Crippen LogP contribution in [0.5, 0.6) is 5.75 Å².